The molecule has 0 aromatic carbocycles. The molecule has 0 spiro atoms. The molecule has 0 atom stereocenters. The first-order valence-electron chi connectivity index (χ1n) is 0.289. The van der Waals surface area contributed by atoms with Crippen LogP contribution in [0.25, 0.3) is 0 Å². The standard InChI is InChI=1S/Cu.In.O.Sn.Zn.5H. The minimum absolute atomic E-state index is 0. The van der Waals surface area contributed by atoms with Crippen LogP contribution in [0.2, 0.25) is 0 Å². The second-order valence-corrected chi connectivity index (χ2v) is 0. The van der Waals surface area contributed by atoms with Gasteiger partial charge in [0.1, 0.15) is 0 Å². The van der Waals surface area contributed by atoms with Crippen molar-refractivity contribution in [2.75, 3.05) is 0 Å². The van der Waals surface area contributed by atoms with Crippen molar-refractivity contribution in [1.82, 2.24) is 0 Å². The smallest absolute Gasteiger partial charge is 0 e. The van der Waals surface area contributed by atoms with E-state index in [1.165, 1.54) is 0 Å². The molecule has 31 valence electrons. The fourth-order valence-corrected chi connectivity index (χ4v) is 0. The summed E-state index contributed by atoms with van der Waals surface area (Å²) in [6.07, 6.45) is 0. The van der Waals surface area contributed by atoms with E-state index in [9.17, 15) is 0 Å². The molecule has 0 fully saturated rings. The van der Waals surface area contributed by atoms with Gasteiger partial charge in [-0.05, 0) is 0 Å². The van der Waals surface area contributed by atoms with Gasteiger partial charge in [0.2, 0.25) is 0 Å². The van der Waals surface area contributed by atoms with E-state index in [1.54, 1.807) is 0 Å². The molecule has 0 aromatic rings. The Morgan fingerprint density at radius 3 is 1.20 bits per heavy atom. The number of hydrogen-bond acceptors (Lipinski definition) is 1. The molecular formula is H5CuInOSnZn. The van der Waals surface area contributed by atoms with Crippen LogP contribution in [-0.4, -0.2) is 48.3 Å². The minimum Gasteiger partial charge on any atom is 0 e. The average molecular weight is 384 g/mol. The van der Waals surface area contributed by atoms with Crippen LogP contribution in [0.5, 0.6) is 0 Å². The third kappa shape index (κ3) is 20.6. The van der Waals surface area contributed by atoms with Crippen molar-refractivity contribution in [3.05, 3.63) is 0 Å². The Morgan fingerprint density at radius 1 is 1.20 bits per heavy atom. The van der Waals surface area contributed by atoms with Crippen LogP contribution in [0.4, 0.5) is 0 Å². The van der Waals surface area contributed by atoms with Crippen molar-refractivity contribution in [3.63, 3.8) is 0 Å². The molecule has 5 heteroatoms. The third-order valence-electron chi connectivity index (χ3n) is 0. The Labute approximate surface area is 86.2 Å². The van der Waals surface area contributed by atoms with Crippen LogP contribution >= 0.6 is 0 Å². The molecule has 0 heterocycles. The van der Waals surface area contributed by atoms with Crippen LogP contribution < -0.4 is 0 Å². The van der Waals surface area contributed by atoms with Crippen molar-refractivity contribution in [2.45, 2.75) is 0 Å². The predicted molar refractivity (Wildman–Crippen MR) is 19.2 cm³/mol. The van der Waals surface area contributed by atoms with Crippen LogP contribution in [0.1, 0.15) is 0 Å². The SMILES string of the molecule is [Cu].[O]=[InH].[SnH4].[Zn]. The van der Waals surface area contributed by atoms with Gasteiger partial charge in [0.05, 0.1) is 0 Å². The zero-order valence-corrected chi connectivity index (χ0v) is 10.1. The molecule has 0 aromatic heterocycles. The van der Waals surface area contributed by atoms with E-state index in [0.29, 0.717) is 0 Å². The molecule has 0 bridgehead atoms. The molecule has 0 saturated carbocycles. The summed E-state index contributed by atoms with van der Waals surface area (Å²) in [6, 6.07) is 0. The van der Waals surface area contributed by atoms with Gasteiger partial charge >= 0.3 is 51.1 Å². The second kappa shape index (κ2) is 30.5. The molecule has 0 aliphatic rings. The molecule has 0 unspecified atom stereocenters. The Hall–Kier alpha value is 2.61. The first-order chi connectivity index (χ1) is 1.00. The molecule has 0 amide bonds. The number of rotatable bonds is 0. The van der Waals surface area contributed by atoms with Crippen molar-refractivity contribution in [3.8, 4) is 0 Å². The summed E-state index contributed by atoms with van der Waals surface area (Å²) < 4.78 is 8.42. The molecule has 0 aliphatic carbocycles. The average Bonchev–Trinajstić information content (AvgIpc) is 1.00. The molecule has 0 saturated heterocycles. The largest absolute Gasteiger partial charge is 0 e. The van der Waals surface area contributed by atoms with Gasteiger partial charge in [-0.2, -0.15) is 0 Å². The summed E-state index contributed by atoms with van der Waals surface area (Å²) in [5, 5.41) is 0. The summed E-state index contributed by atoms with van der Waals surface area (Å²) in [7, 11) is 0. The maximum absolute atomic E-state index is 8.42. The van der Waals surface area contributed by atoms with Gasteiger partial charge in [0, 0.05) is 36.5 Å². The van der Waals surface area contributed by atoms with E-state index in [4.69, 9.17) is 2.85 Å². The summed E-state index contributed by atoms with van der Waals surface area (Å²) in [6.45, 7) is 0. The van der Waals surface area contributed by atoms with Crippen molar-refractivity contribution < 1.29 is 39.4 Å². The third-order valence-corrected chi connectivity index (χ3v) is 0. The minimum atomic E-state index is -0.1000. The number of hydrogen-bond donors (Lipinski definition) is 0. The van der Waals surface area contributed by atoms with E-state index in [0.717, 1.165) is 0 Å². The van der Waals surface area contributed by atoms with E-state index >= 15 is 0 Å². The molecule has 1 radical (unpaired) electrons. The first-order valence-corrected chi connectivity index (χ1v) is 1.94. The van der Waals surface area contributed by atoms with Gasteiger partial charge in [0.15, 0.2) is 0 Å². The quantitative estimate of drug-likeness (QED) is 0.433. The monoisotopic (exact) mass is 383 g/mol. The molecule has 0 rings (SSSR count). The molecule has 5 heavy (non-hydrogen) atoms. The van der Waals surface area contributed by atoms with E-state index in [-0.39, 0.29) is 84.8 Å². The van der Waals surface area contributed by atoms with Gasteiger partial charge < -0.3 is 0 Å². The van der Waals surface area contributed by atoms with E-state index < -0.39 is 0 Å². The maximum Gasteiger partial charge on any atom is 0 e. The fourth-order valence-electron chi connectivity index (χ4n) is 0. The molecule has 1 nitrogen and oxygen atoms in total. The van der Waals surface area contributed by atoms with Crippen molar-refractivity contribution in [1.29, 1.82) is 0 Å². The van der Waals surface area contributed by atoms with Crippen LogP contribution in [0.3, 0.4) is 0 Å². The molecule has 0 aliphatic heterocycles. The van der Waals surface area contributed by atoms with Crippen LogP contribution in [-0.2, 0) is 39.4 Å². The fraction of sp³-hybridized carbons (Fsp3) is 0. The predicted octanol–water partition coefficient (Wildman–Crippen LogP) is -2.22. The van der Waals surface area contributed by atoms with E-state index in [2.05, 4.69) is 0 Å². The van der Waals surface area contributed by atoms with Gasteiger partial charge in [-0.25, -0.2) is 0 Å². The van der Waals surface area contributed by atoms with Crippen LogP contribution in [0.15, 0.2) is 0 Å². The summed E-state index contributed by atoms with van der Waals surface area (Å²) in [5.74, 6) is 0. The van der Waals surface area contributed by atoms with E-state index in [1.807, 2.05) is 0 Å². The Bertz CT molecular complexity index is 11.6. The summed E-state index contributed by atoms with van der Waals surface area (Å²) in [4.78, 5) is 0. The maximum atomic E-state index is 8.42. The second-order valence-electron chi connectivity index (χ2n) is 0. The van der Waals surface area contributed by atoms with Gasteiger partial charge in [0.25, 0.3) is 0 Å². The van der Waals surface area contributed by atoms with Crippen LogP contribution in [0, 0.1) is 0 Å². The normalized spacial score (nSPS) is 0.600. The summed E-state index contributed by atoms with van der Waals surface area (Å²) in [5.41, 5.74) is 0. The Kier molecular flexibility index (Phi) is 156. The summed E-state index contributed by atoms with van der Waals surface area (Å²) >= 11 is -0.1000. The van der Waals surface area contributed by atoms with Gasteiger partial charge in [-0.3, -0.25) is 0 Å². The van der Waals surface area contributed by atoms with Gasteiger partial charge in [-0.1, -0.05) is 0 Å². The molecular weight excluding hydrogens is 378 g/mol. The van der Waals surface area contributed by atoms with Gasteiger partial charge in [-0.15, -0.1) is 0 Å². The topological polar surface area (TPSA) is 17.1 Å². The zero-order valence-electron chi connectivity index (χ0n) is 2.12. The van der Waals surface area contributed by atoms with Crippen molar-refractivity contribution in [2.24, 2.45) is 0 Å². The zero-order chi connectivity index (χ0) is 2.00. The first kappa shape index (κ1) is 25.5. The molecule has 0 N–H and O–H groups in total. The Morgan fingerprint density at radius 2 is 1.20 bits per heavy atom. The van der Waals surface area contributed by atoms with Crippen molar-refractivity contribution >= 4 is 48.3 Å². The Balaban J connectivity index is -0.00000000167.